The Kier molecular flexibility index (Phi) is 3.17. The Morgan fingerprint density at radius 3 is 2.83 bits per heavy atom. The maximum atomic E-state index is 10.3. The van der Waals surface area contributed by atoms with E-state index in [1.54, 1.807) is 7.11 Å². The number of carbonyl (C=O) groups excluding carboxylic acids is 1. The molecule has 0 saturated carbocycles. The van der Waals surface area contributed by atoms with Gasteiger partial charge >= 0.3 is 0 Å². The molecule has 12 heavy (non-hydrogen) atoms. The molecule has 1 rings (SSSR count). The van der Waals surface area contributed by atoms with E-state index in [0.29, 0.717) is 0 Å². The molecule has 64 valence electrons. The van der Waals surface area contributed by atoms with E-state index >= 15 is 0 Å². The number of carbonyl (C=O) groups is 1. The number of rotatable bonds is 3. The predicted octanol–water partition coefficient (Wildman–Crippen LogP) is 2.29. The summed E-state index contributed by atoms with van der Waals surface area (Å²) in [7, 11) is 1.60. The van der Waals surface area contributed by atoms with Gasteiger partial charge in [0.15, 0.2) is 5.62 Å². The summed E-state index contributed by atoms with van der Waals surface area (Å²) < 4.78 is 5.07. The van der Waals surface area contributed by atoms with Crippen molar-refractivity contribution in [1.29, 1.82) is 0 Å². The Labute approximate surface area is 75.9 Å². The molecule has 0 aliphatic carbocycles. The minimum Gasteiger partial charge on any atom is -0.496 e. The Morgan fingerprint density at radius 2 is 2.25 bits per heavy atom. The molecule has 1 aromatic carbocycles. The molecule has 0 aliphatic heterocycles. The first-order chi connectivity index (χ1) is 5.77. The van der Waals surface area contributed by atoms with Gasteiger partial charge in [0.05, 0.1) is 12.0 Å². The van der Waals surface area contributed by atoms with E-state index in [0.717, 1.165) is 33.6 Å². The summed E-state index contributed by atoms with van der Waals surface area (Å²) in [6.45, 7) is 1.98. The van der Waals surface area contributed by atoms with Gasteiger partial charge in [-0.2, -0.15) is 0 Å². The van der Waals surface area contributed by atoms with Gasteiger partial charge in [-0.3, -0.25) is 4.79 Å². The Hall–Kier alpha value is -0.960. The smallest absolute Gasteiger partial charge is 0.181 e. The molecular formula is C9H10O2S. The fourth-order valence-electron chi connectivity index (χ4n) is 0.928. The highest BCUT2D eigenvalue weighted by Crippen LogP contribution is 2.28. The molecule has 2 nitrogen and oxygen atoms in total. The summed E-state index contributed by atoms with van der Waals surface area (Å²) in [5, 5.41) is 0. The Balaban J connectivity index is 3.03. The van der Waals surface area contributed by atoms with Crippen LogP contribution < -0.4 is 4.74 Å². The van der Waals surface area contributed by atoms with Crippen molar-refractivity contribution in [3.8, 4) is 5.75 Å². The summed E-state index contributed by atoms with van der Waals surface area (Å²) in [6, 6.07) is 5.74. The largest absolute Gasteiger partial charge is 0.496 e. The van der Waals surface area contributed by atoms with Gasteiger partial charge in [-0.15, -0.1) is 0 Å². The number of aryl methyl sites for hydroxylation is 1. The molecule has 0 fully saturated rings. The molecule has 0 amide bonds. The third kappa shape index (κ3) is 2.01. The normalized spacial score (nSPS) is 9.50. The number of methoxy groups -OCH3 is 1. The van der Waals surface area contributed by atoms with Gasteiger partial charge < -0.3 is 4.74 Å². The second-order valence-electron chi connectivity index (χ2n) is 2.37. The Bertz CT molecular complexity index is 284. The van der Waals surface area contributed by atoms with Gasteiger partial charge in [-0.05, 0) is 24.6 Å². The van der Waals surface area contributed by atoms with Crippen molar-refractivity contribution in [3.05, 3.63) is 23.8 Å². The molecule has 0 spiro atoms. The average molecular weight is 182 g/mol. The lowest BCUT2D eigenvalue weighted by atomic mass is 10.2. The van der Waals surface area contributed by atoms with Gasteiger partial charge in [0, 0.05) is 0 Å². The zero-order valence-electron chi connectivity index (χ0n) is 7.03. The maximum absolute atomic E-state index is 10.3. The van der Waals surface area contributed by atoms with Crippen LogP contribution in [0, 0.1) is 6.92 Å². The van der Waals surface area contributed by atoms with Crippen LogP contribution in [0.1, 0.15) is 5.56 Å². The first kappa shape index (κ1) is 9.13. The first-order valence-electron chi connectivity index (χ1n) is 3.53. The van der Waals surface area contributed by atoms with E-state index in [4.69, 9.17) is 4.74 Å². The maximum Gasteiger partial charge on any atom is 0.181 e. The summed E-state index contributed by atoms with van der Waals surface area (Å²) in [6.07, 6.45) is 0. The van der Waals surface area contributed by atoms with Gasteiger partial charge in [-0.25, -0.2) is 0 Å². The third-order valence-corrected chi connectivity index (χ3v) is 2.16. The number of benzene rings is 1. The van der Waals surface area contributed by atoms with Gasteiger partial charge in [0.1, 0.15) is 5.75 Å². The molecule has 3 heteroatoms. The molecule has 0 atom stereocenters. The zero-order valence-corrected chi connectivity index (χ0v) is 7.85. The molecule has 0 bridgehead atoms. The van der Waals surface area contributed by atoms with Crippen molar-refractivity contribution in [3.63, 3.8) is 0 Å². The van der Waals surface area contributed by atoms with Crippen molar-refractivity contribution in [2.24, 2.45) is 0 Å². The first-order valence-corrected chi connectivity index (χ1v) is 4.41. The van der Waals surface area contributed by atoms with Gasteiger partial charge in [-0.1, -0.05) is 17.8 Å². The number of ether oxygens (including phenoxy) is 1. The Morgan fingerprint density at radius 1 is 1.50 bits per heavy atom. The minimum absolute atomic E-state index is 0.748. The molecule has 0 unspecified atom stereocenters. The van der Waals surface area contributed by atoms with Gasteiger partial charge in [0.25, 0.3) is 0 Å². The van der Waals surface area contributed by atoms with Crippen LogP contribution in [0.3, 0.4) is 0 Å². The number of hydrogen-bond donors (Lipinski definition) is 0. The van der Waals surface area contributed by atoms with Crippen LogP contribution in [0.4, 0.5) is 0 Å². The third-order valence-electron chi connectivity index (χ3n) is 1.49. The van der Waals surface area contributed by atoms with Gasteiger partial charge in [0.2, 0.25) is 0 Å². The van der Waals surface area contributed by atoms with Crippen molar-refractivity contribution in [2.45, 2.75) is 11.8 Å². The lowest BCUT2D eigenvalue weighted by Crippen LogP contribution is -1.86. The molecule has 1 aromatic rings. The second-order valence-corrected chi connectivity index (χ2v) is 3.24. The molecule has 0 radical (unpaired) electrons. The minimum atomic E-state index is 0.748. The summed E-state index contributed by atoms with van der Waals surface area (Å²) in [5.41, 5.74) is 1.93. The fourth-order valence-corrected chi connectivity index (χ4v) is 1.55. The number of hydrogen-bond acceptors (Lipinski definition) is 3. The van der Waals surface area contributed by atoms with E-state index in [1.807, 2.05) is 25.1 Å². The molecule has 0 aromatic heterocycles. The van der Waals surface area contributed by atoms with Crippen LogP contribution in [-0.2, 0) is 4.79 Å². The SMILES string of the molecule is COc1ccc(C)cc1SC=O. The summed E-state index contributed by atoms with van der Waals surface area (Å²) in [5.74, 6) is 0.748. The van der Waals surface area contributed by atoms with Crippen molar-refractivity contribution in [1.82, 2.24) is 0 Å². The lowest BCUT2D eigenvalue weighted by Gasteiger charge is -2.05. The standard InChI is InChI=1S/C9H10O2S/c1-7-3-4-8(11-2)9(5-7)12-6-10/h3-6H,1-2H3. The van der Waals surface area contributed by atoms with E-state index in [2.05, 4.69) is 0 Å². The van der Waals surface area contributed by atoms with Crippen molar-refractivity contribution < 1.29 is 9.53 Å². The average Bonchev–Trinajstić information content (AvgIpc) is 2.05. The van der Waals surface area contributed by atoms with E-state index < -0.39 is 0 Å². The number of thioether (sulfide) groups is 1. The van der Waals surface area contributed by atoms with Crippen LogP contribution in [-0.4, -0.2) is 12.7 Å². The van der Waals surface area contributed by atoms with Crippen LogP contribution in [0.15, 0.2) is 23.1 Å². The fraction of sp³-hybridized carbons (Fsp3) is 0.222. The van der Waals surface area contributed by atoms with E-state index in [1.165, 1.54) is 0 Å². The highest BCUT2D eigenvalue weighted by molar-refractivity contribution is 8.12. The second kappa shape index (κ2) is 4.16. The monoisotopic (exact) mass is 182 g/mol. The topological polar surface area (TPSA) is 26.3 Å². The van der Waals surface area contributed by atoms with E-state index in [9.17, 15) is 4.79 Å². The molecular weight excluding hydrogens is 172 g/mol. The summed E-state index contributed by atoms with van der Waals surface area (Å²) >= 11 is 1.14. The predicted molar refractivity (Wildman–Crippen MR) is 50.3 cm³/mol. The molecule has 0 N–H and O–H groups in total. The lowest BCUT2D eigenvalue weighted by molar-refractivity contribution is 0.405. The zero-order chi connectivity index (χ0) is 8.97. The van der Waals surface area contributed by atoms with Crippen molar-refractivity contribution >= 4 is 17.4 Å². The highest BCUT2D eigenvalue weighted by Gasteiger charge is 2.01. The van der Waals surface area contributed by atoms with E-state index in [-0.39, 0.29) is 0 Å². The molecule has 0 saturated heterocycles. The highest BCUT2D eigenvalue weighted by atomic mass is 32.2. The van der Waals surface area contributed by atoms with Crippen LogP contribution in [0.2, 0.25) is 0 Å². The van der Waals surface area contributed by atoms with Crippen LogP contribution in [0.25, 0.3) is 0 Å². The molecule has 0 heterocycles. The molecule has 0 aliphatic rings. The van der Waals surface area contributed by atoms with Crippen molar-refractivity contribution in [2.75, 3.05) is 7.11 Å². The van der Waals surface area contributed by atoms with Crippen LogP contribution >= 0.6 is 11.8 Å². The van der Waals surface area contributed by atoms with Crippen LogP contribution in [0.5, 0.6) is 5.75 Å². The quantitative estimate of drug-likeness (QED) is 0.530. The summed E-state index contributed by atoms with van der Waals surface area (Å²) in [4.78, 5) is 11.1.